The largest absolute Gasteiger partial charge is 0.461 e. The number of rotatable bonds is 4. The Bertz CT molecular complexity index is 1750. The zero-order valence-corrected chi connectivity index (χ0v) is 30.6. The van der Waals surface area contributed by atoms with Gasteiger partial charge in [-0.3, -0.25) is 19.3 Å². The highest BCUT2D eigenvalue weighted by Gasteiger charge is 2.65. The van der Waals surface area contributed by atoms with E-state index in [2.05, 4.69) is 29.7 Å². The number of esters is 1. The first kappa shape index (κ1) is 34.6. The molecule has 2 saturated heterocycles. The zero-order chi connectivity index (χ0) is 35.7. The lowest BCUT2D eigenvalue weighted by atomic mass is 9.44. The van der Waals surface area contributed by atoms with Crippen molar-refractivity contribution in [3.8, 4) is 12.3 Å². The topological polar surface area (TPSA) is 103 Å². The van der Waals surface area contributed by atoms with E-state index in [-0.39, 0.29) is 40.8 Å². The second kappa shape index (κ2) is 12.9. The van der Waals surface area contributed by atoms with E-state index >= 15 is 0 Å². The van der Waals surface area contributed by atoms with E-state index in [1.54, 1.807) is 11.0 Å². The average molecular weight is 695 g/mol. The minimum Gasteiger partial charge on any atom is -0.461 e. The van der Waals surface area contributed by atoms with Gasteiger partial charge < -0.3 is 19.6 Å². The predicted molar refractivity (Wildman–Crippen MR) is 194 cm³/mol. The lowest BCUT2D eigenvalue weighted by Gasteiger charge is -2.63. The van der Waals surface area contributed by atoms with Crippen LogP contribution < -0.4 is 0 Å². The van der Waals surface area contributed by atoms with Crippen molar-refractivity contribution in [3.63, 3.8) is 0 Å². The summed E-state index contributed by atoms with van der Waals surface area (Å²) in [5.41, 5.74) is 0.0253. The SMILES string of the molecule is C#C[C@]1(O)CC[C@H]2[C@@H]3CC[C@H]4C[C@H](OC(C)=O)[C@@H](N5CCN(C(=O)[C@@H]6CCCN6C(=O)c6ccc7ccccc7n6)CC5)C[C@]4(C)[C@H]3CC[C@@]21C. The molecule has 9 heteroatoms. The minimum atomic E-state index is -1.01. The highest BCUT2D eigenvalue weighted by molar-refractivity contribution is 5.98. The van der Waals surface area contributed by atoms with Gasteiger partial charge in [-0.2, -0.15) is 0 Å². The molecule has 0 unspecified atom stereocenters. The Balaban J connectivity index is 0.959. The van der Waals surface area contributed by atoms with E-state index in [4.69, 9.17) is 11.2 Å². The van der Waals surface area contributed by atoms with Gasteiger partial charge in [0.2, 0.25) is 5.91 Å². The van der Waals surface area contributed by atoms with Crippen LogP contribution in [-0.2, 0) is 14.3 Å². The number of hydrogen-bond donors (Lipinski definition) is 1. The Morgan fingerprint density at radius 1 is 0.941 bits per heavy atom. The number of nitrogens with zero attached hydrogens (tertiary/aromatic N) is 4. The van der Waals surface area contributed by atoms with Gasteiger partial charge >= 0.3 is 5.97 Å². The van der Waals surface area contributed by atoms with E-state index in [1.165, 1.54) is 6.92 Å². The van der Waals surface area contributed by atoms with Gasteiger partial charge in [-0.25, -0.2) is 4.98 Å². The van der Waals surface area contributed by atoms with Crippen LogP contribution in [0.1, 0.15) is 95.5 Å². The minimum absolute atomic E-state index is 0.0253. The number of likely N-dealkylation sites (tertiary alicyclic amines) is 1. The molecule has 9 nitrogen and oxygen atoms in total. The summed E-state index contributed by atoms with van der Waals surface area (Å²) in [7, 11) is 0. The summed E-state index contributed by atoms with van der Waals surface area (Å²) in [6.07, 6.45) is 15.1. The number of fused-ring (bicyclic) bond motifs is 6. The summed E-state index contributed by atoms with van der Waals surface area (Å²) >= 11 is 0. The van der Waals surface area contributed by atoms with Crippen LogP contribution in [0.15, 0.2) is 36.4 Å². The van der Waals surface area contributed by atoms with E-state index in [9.17, 15) is 19.5 Å². The Kier molecular flexibility index (Phi) is 8.74. The molecule has 1 aromatic carbocycles. The highest BCUT2D eigenvalue weighted by Crippen LogP contribution is 2.68. The number of piperazine rings is 1. The number of terminal acetylenes is 1. The van der Waals surface area contributed by atoms with Crippen molar-refractivity contribution in [2.24, 2.45) is 34.5 Å². The normalized spacial score (nSPS) is 39.5. The van der Waals surface area contributed by atoms with Gasteiger partial charge in [-0.05, 0) is 105 Å². The van der Waals surface area contributed by atoms with E-state index < -0.39 is 11.6 Å². The van der Waals surface area contributed by atoms with Crippen LogP contribution in [0.4, 0.5) is 0 Å². The molecule has 10 atom stereocenters. The van der Waals surface area contributed by atoms with Crippen LogP contribution in [-0.4, -0.2) is 99.1 Å². The third kappa shape index (κ3) is 5.58. The number of pyridine rings is 1. The Morgan fingerprint density at radius 2 is 1.71 bits per heavy atom. The first-order valence-corrected chi connectivity index (χ1v) is 19.5. The maximum absolute atomic E-state index is 14.0. The molecule has 3 heterocycles. The van der Waals surface area contributed by atoms with Crippen molar-refractivity contribution in [1.82, 2.24) is 19.7 Å². The summed E-state index contributed by atoms with van der Waals surface area (Å²) < 4.78 is 6.11. The molecule has 272 valence electrons. The predicted octanol–water partition coefficient (Wildman–Crippen LogP) is 5.30. The Labute approximate surface area is 302 Å². The van der Waals surface area contributed by atoms with E-state index in [0.29, 0.717) is 74.9 Å². The number of ether oxygens (including phenoxy) is 1. The number of benzene rings is 1. The fourth-order valence-corrected chi connectivity index (χ4v) is 12.3. The number of para-hydroxylation sites is 1. The first-order chi connectivity index (χ1) is 24.5. The molecule has 4 saturated carbocycles. The number of hydrogen-bond acceptors (Lipinski definition) is 7. The summed E-state index contributed by atoms with van der Waals surface area (Å²) in [5.74, 6) is 4.47. The molecule has 4 aliphatic carbocycles. The van der Waals surface area contributed by atoms with Crippen LogP contribution in [0, 0.1) is 46.8 Å². The van der Waals surface area contributed by atoms with Crippen molar-refractivity contribution in [1.29, 1.82) is 0 Å². The third-order valence-corrected chi connectivity index (χ3v) is 15.1. The van der Waals surface area contributed by atoms with Gasteiger partial charge in [0, 0.05) is 56.5 Å². The second-order valence-electron chi connectivity index (χ2n) is 17.2. The molecule has 2 amide bonds. The molecule has 0 bridgehead atoms. The Morgan fingerprint density at radius 3 is 2.47 bits per heavy atom. The number of carbonyl (C=O) groups excluding carboxylic acids is 3. The van der Waals surface area contributed by atoms with Gasteiger partial charge in [-0.1, -0.05) is 44.0 Å². The van der Waals surface area contributed by atoms with Gasteiger partial charge in [-0.15, -0.1) is 6.42 Å². The molecule has 0 radical (unpaired) electrons. The molecule has 0 spiro atoms. The summed E-state index contributed by atoms with van der Waals surface area (Å²) in [4.78, 5) is 50.9. The van der Waals surface area contributed by atoms with Gasteiger partial charge in [0.25, 0.3) is 5.91 Å². The lowest BCUT2D eigenvalue weighted by molar-refractivity contribution is -0.179. The lowest BCUT2D eigenvalue weighted by Crippen LogP contribution is -2.63. The molecule has 8 rings (SSSR count). The quantitative estimate of drug-likeness (QED) is 0.343. The highest BCUT2D eigenvalue weighted by atomic mass is 16.5. The molecule has 1 N–H and O–H groups in total. The van der Waals surface area contributed by atoms with Crippen LogP contribution in [0.25, 0.3) is 10.9 Å². The van der Waals surface area contributed by atoms with Gasteiger partial charge in [0.05, 0.1) is 5.52 Å². The summed E-state index contributed by atoms with van der Waals surface area (Å²) in [6, 6.07) is 11.1. The van der Waals surface area contributed by atoms with Crippen LogP contribution in [0.3, 0.4) is 0 Å². The van der Waals surface area contributed by atoms with Crippen LogP contribution in [0.5, 0.6) is 0 Å². The van der Waals surface area contributed by atoms with Crippen molar-refractivity contribution in [3.05, 3.63) is 42.1 Å². The monoisotopic (exact) mass is 694 g/mol. The smallest absolute Gasteiger partial charge is 0.302 e. The number of aliphatic hydroxyl groups is 1. The summed E-state index contributed by atoms with van der Waals surface area (Å²) in [5, 5.41) is 12.5. The maximum Gasteiger partial charge on any atom is 0.302 e. The standard InChI is InChI=1S/C42H54N4O5/c1-5-42(50)19-17-32-30-14-13-29-25-37(51-27(2)47)36(26-40(29,3)31(30)16-18-41(32,42)4)44-21-23-45(24-22-44)39(49)35-11-8-20-46(35)38(48)34-15-12-28-9-6-7-10-33(28)43-34/h1,6-7,9-10,12,15,29-32,35-37,50H,8,11,13-14,16-26H2,2-4H3/t29-,30+,31-,32-,35-,36-,37-,40-,41-,42-/m0/s1. The molecule has 2 aliphatic heterocycles. The average Bonchev–Trinajstić information content (AvgIpc) is 3.73. The van der Waals surface area contributed by atoms with Gasteiger partial charge in [0.15, 0.2) is 0 Å². The third-order valence-electron chi connectivity index (χ3n) is 15.1. The first-order valence-electron chi connectivity index (χ1n) is 19.5. The van der Waals surface area contributed by atoms with Crippen molar-refractivity contribution in [2.45, 2.75) is 109 Å². The molecule has 1 aromatic heterocycles. The number of carbonyl (C=O) groups is 3. The van der Waals surface area contributed by atoms with Crippen molar-refractivity contribution in [2.75, 3.05) is 32.7 Å². The molecule has 6 aliphatic rings. The molecule has 6 fully saturated rings. The van der Waals surface area contributed by atoms with Crippen molar-refractivity contribution < 1.29 is 24.2 Å². The fraction of sp³-hybridized carbons (Fsp3) is 0.667. The second-order valence-corrected chi connectivity index (χ2v) is 17.2. The van der Waals surface area contributed by atoms with Crippen LogP contribution in [0.2, 0.25) is 0 Å². The number of amides is 2. The Hall–Kier alpha value is -3.48. The summed E-state index contributed by atoms with van der Waals surface area (Å²) in [6.45, 7) is 9.44. The molecular formula is C42H54N4O5. The fourth-order valence-electron chi connectivity index (χ4n) is 12.3. The number of aromatic nitrogens is 1. The zero-order valence-electron chi connectivity index (χ0n) is 30.6. The van der Waals surface area contributed by atoms with Crippen molar-refractivity contribution >= 4 is 28.7 Å². The molecular weight excluding hydrogens is 640 g/mol. The van der Waals surface area contributed by atoms with E-state index in [0.717, 1.165) is 62.3 Å². The maximum atomic E-state index is 14.0. The molecule has 51 heavy (non-hydrogen) atoms. The van der Waals surface area contributed by atoms with Gasteiger partial charge in [0.1, 0.15) is 23.4 Å². The van der Waals surface area contributed by atoms with Crippen LogP contribution >= 0.6 is 0 Å². The molecule has 2 aromatic rings. The van der Waals surface area contributed by atoms with E-state index in [1.807, 2.05) is 35.2 Å².